The second-order valence-corrected chi connectivity index (χ2v) is 6.34. The number of carbonyl (C=O) groups excluding carboxylic acids is 1. The summed E-state index contributed by atoms with van der Waals surface area (Å²) in [4.78, 5) is 29.5. The first kappa shape index (κ1) is 18.1. The van der Waals surface area contributed by atoms with Gasteiger partial charge in [-0.1, -0.05) is 12.1 Å². The third-order valence-electron chi connectivity index (χ3n) is 4.42. The fraction of sp³-hybridized carbons (Fsp3) is 0.278. The van der Waals surface area contributed by atoms with Gasteiger partial charge >= 0.3 is 11.9 Å². The van der Waals surface area contributed by atoms with Gasteiger partial charge in [0.25, 0.3) is 0 Å². The van der Waals surface area contributed by atoms with Gasteiger partial charge < -0.3 is 14.1 Å². The van der Waals surface area contributed by atoms with E-state index < -0.39 is 23.6 Å². The SMILES string of the molecule is O=C(Cn1c(=O)oc2ccccc21)N1CC(Oc2cc(C(F)(F)F)ccn2)C1. The quantitative estimate of drug-likeness (QED) is 0.680. The summed E-state index contributed by atoms with van der Waals surface area (Å²) in [7, 11) is 0. The van der Waals surface area contributed by atoms with Crippen molar-refractivity contribution in [2.45, 2.75) is 18.8 Å². The van der Waals surface area contributed by atoms with E-state index in [4.69, 9.17) is 9.15 Å². The molecule has 10 heteroatoms. The number of hydrogen-bond acceptors (Lipinski definition) is 5. The highest BCUT2D eigenvalue weighted by atomic mass is 19.4. The first-order valence-corrected chi connectivity index (χ1v) is 8.37. The monoisotopic (exact) mass is 393 g/mol. The lowest BCUT2D eigenvalue weighted by molar-refractivity contribution is -0.140. The molecule has 1 amide bonds. The molecule has 0 unspecified atom stereocenters. The lowest BCUT2D eigenvalue weighted by Gasteiger charge is -2.38. The van der Waals surface area contributed by atoms with Crippen molar-refractivity contribution in [3.63, 3.8) is 0 Å². The zero-order chi connectivity index (χ0) is 19.9. The molecule has 0 bridgehead atoms. The highest BCUT2D eigenvalue weighted by Crippen LogP contribution is 2.31. The molecule has 7 nitrogen and oxygen atoms in total. The van der Waals surface area contributed by atoms with Crippen LogP contribution in [0.2, 0.25) is 0 Å². The third-order valence-corrected chi connectivity index (χ3v) is 4.42. The van der Waals surface area contributed by atoms with Crippen LogP contribution in [0.25, 0.3) is 11.1 Å². The van der Waals surface area contributed by atoms with E-state index in [1.807, 2.05) is 0 Å². The lowest BCUT2D eigenvalue weighted by atomic mass is 10.1. The maximum atomic E-state index is 12.7. The molecule has 3 aromatic rings. The Labute approximate surface area is 155 Å². The lowest BCUT2D eigenvalue weighted by Crippen LogP contribution is -2.57. The summed E-state index contributed by atoms with van der Waals surface area (Å²) >= 11 is 0. The third kappa shape index (κ3) is 3.45. The Morgan fingerprint density at radius 1 is 1.25 bits per heavy atom. The van der Waals surface area contributed by atoms with E-state index in [2.05, 4.69) is 4.98 Å². The fourth-order valence-electron chi connectivity index (χ4n) is 2.94. The largest absolute Gasteiger partial charge is 0.471 e. The average Bonchev–Trinajstić information content (AvgIpc) is 2.93. The van der Waals surface area contributed by atoms with Crippen molar-refractivity contribution in [1.29, 1.82) is 0 Å². The molecule has 3 heterocycles. The summed E-state index contributed by atoms with van der Waals surface area (Å²) in [6.45, 7) is 0.201. The van der Waals surface area contributed by atoms with Crippen molar-refractivity contribution in [2.24, 2.45) is 0 Å². The number of fused-ring (bicyclic) bond motifs is 1. The van der Waals surface area contributed by atoms with Crippen LogP contribution >= 0.6 is 0 Å². The minimum Gasteiger partial charge on any atom is -0.471 e. The minimum absolute atomic E-state index is 0.149. The molecule has 28 heavy (non-hydrogen) atoms. The molecule has 1 aliphatic heterocycles. The number of carbonyl (C=O) groups is 1. The van der Waals surface area contributed by atoms with Crippen molar-refractivity contribution in [3.05, 3.63) is 58.7 Å². The van der Waals surface area contributed by atoms with Gasteiger partial charge in [0.2, 0.25) is 11.8 Å². The molecule has 0 radical (unpaired) electrons. The van der Waals surface area contributed by atoms with Gasteiger partial charge in [0, 0.05) is 12.3 Å². The van der Waals surface area contributed by atoms with Crippen LogP contribution in [0, 0.1) is 0 Å². The molecule has 2 aromatic heterocycles. The van der Waals surface area contributed by atoms with Crippen LogP contribution in [-0.2, 0) is 17.5 Å². The zero-order valence-electron chi connectivity index (χ0n) is 14.3. The molecular formula is C18H14F3N3O4. The minimum atomic E-state index is -4.48. The summed E-state index contributed by atoms with van der Waals surface area (Å²) < 4.78 is 49.9. The van der Waals surface area contributed by atoms with E-state index >= 15 is 0 Å². The number of likely N-dealkylation sites (tertiary alicyclic amines) is 1. The number of ether oxygens (including phenoxy) is 1. The molecule has 0 aliphatic carbocycles. The number of aromatic nitrogens is 2. The van der Waals surface area contributed by atoms with Crippen LogP contribution in [0.4, 0.5) is 13.2 Å². The van der Waals surface area contributed by atoms with E-state index in [-0.39, 0.29) is 31.4 Å². The average molecular weight is 393 g/mol. The molecule has 1 fully saturated rings. The number of pyridine rings is 1. The van der Waals surface area contributed by atoms with Gasteiger partial charge in [-0.3, -0.25) is 9.36 Å². The van der Waals surface area contributed by atoms with Crippen LogP contribution in [0.15, 0.2) is 51.8 Å². The number of oxazole rings is 1. The van der Waals surface area contributed by atoms with E-state index in [9.17, 15) is 22.8 Å². The zero-order valence-corrected chi connectivity index (χ0v) is 14.3. The van der Waals surface area contributed by atoms with Gasteiger partial charge in [0.05, 0.1) is 24.2 Å². The van der Waals surface area contributed by atoms with Crippen molar-refractivity contribution in [1.82, 2.24) is 14.5 Å². The van der Waals surface area contributed by atoms with E-state index in [1.54, 1.807) is 24.3 Å². The normalized spacial score (nSPS) is 14.9. The maximum Gasteiger partial charge on any atom is 0.420 e. The Morgan fingerprint density at radius 2 is 2.00 bits per heavy atom. The summed E-state index contributed by atoms with van der Waals surface area (Å²) in [6, 6.07) is 8.44. The van der Waals surface area contributed by atoms with Gasteiger partial charge in [0.1, 0.15) is 12.6 Å². The first-order valence-electron chi connectivity index (χ1n) is 8.37. The van der Waals surface area contributed by atoms with E-state index in [0.29, 0.717) is 11.1 Å². The summed E-state index contributed by atoms with van der Waals surface area (Å²) in [5.41, 5.74) is 0.0547. The highest BCUT2D eigenvalue weighted by molar-refractivity contribution is 5.80. The van der Waals surface area contributed by atoms with Crippen LogP contribution in [0.3, 0.4) is 0 Å². The van der Waals surface area contributed by atoms with Gasteiger partial charge in [-0.25, -0.2) is 9.78 Å². The second kappa shape index (κ2) is 6.70. The van der Waals surface area contributed by atoms with Crippen molar-refractivity contribution >= 4 is 17.0 Å². The number of halogens is 3. The number of rotatable bonds is 4. The highest BCUT2D eigenvalue weighted by Gasteiger charge is 2.34. The summed E-state index contributed by atoms with van der Waals surface area (Å²) in [5, 5.41) is 0. The molecule has 1 aromatic carbocycles. The van der Waals surface area contributed by atoms with Gasteiger partial charge in [0.15, 0.2) is 5.58 Å². The topological polar surface area (TPSA) is 77.6 Å². The molecule has 1 aliphatic rings. The second-order valence-electron chi connectivity index (χ2n) is 6.34. The van der Waals surface area contributed by atoms with Crippen LogP contribution in [-0.4, -0.2) is 39.6 Å². The Kier molecular flexibility index (Phi) is 4.33. The molecule has 0 atom stereocenters. The van der Waals surface area contributed by atoms with E-state index in [1.165, 1.54) is 9.47 Å². The smallest absolute Gasteiger partial charge is 0.420 e. The molecule has 0 N–H and O–H groups in total. The van der Waals surface area contributed by atoms with Gasteiger partial charge in [-0.05, 0) is 18.2 Å². The van der Waals surface area contributed by atoms with Crippen molar-refractivity contribution < 1.29 is 27.1 Å². The maximum absolute atomic E-state index is 12.7. The predicted molar refractivity (Wildman–Crippen MR) is 90.7 cm³/mol. The summed E-state index contributed by atoms with van der Waals surface area (Å²) in [5.74, 6) is -1.09. The Balaban J connectivity index is 1.37. The molecule has 1 saturated heterocycles. The number of hydrogen-bond donors (Lipinski definition) is 0. The van der Waals surface area contributed by atoms with Gasteiger partial charge in [-0.2, -0.15) is 13.2 Å². The molecule has 0 saturated carbocycles. The number of amides is 1. The number of benzene rings is 1. The number of nitrogens with zero attached hydrogens (tertiary/aromatic N) is 3. The molecule has 0 spiro atoms. The van der Waals surface area contributed by atoms with Crippen LogP contribution in [0.5, 0.6) is 5.88 Å². The Hall–Kier alpha value is -3.30. The predicted octanol–water partition coefficient (Wildman–Crippen LogP) is 2.30. The summed E-state index contributed by atoms with van der Waals surface area (Å²) in [6.07, 6.45) is -3.92. The van der Waals surface area contributed by atoms with Crippen LogP contribution < -0.4 is 10.5 Å². The van der Waals surface area contributed by atoms with Gasteiger partial charge in [-0.15, -0.1) is 0 Å². The standard InChI is InChI=1S/C18H14F3N3O4/c19-18(20,21)11-5-6-22-15(7-11)27-12-8-23(9-12)16(25)10-24-13-3-1-2-4-14(13)28-17(24)26/h1-7,12H,8-10H2. The Bertz CT molecular complexity index is 1080. The number of alkyl halides is 3. The van der Waals surface area contributed by atoms with Crippen molar-refractivity contribution in [3.8, 4) is 5.88 Å². The Morgan fingerprint density at radius 3 is 2.75 bits per heavy atom. The number of para-hydroxylation sites is 2. The molecule has 146 valence electrons. The fourth-order valence-corrected chi connectivity index (χ4v) is 2.94. The van der Waals surface area contributed by atoms with Crippen LogP contribution in [0.1, 0.15) is 5.56 Å². The van der Waals surface area contributed by atoms with Crippen molar-refractivity contribution in [2.75, 3.05) is 13.1 Å². The first-order chi connectivity index (χ1) is 13.3. The molecular weight excluding hydrogens is 379 g/mol. The van der Waals surface area contributed by atoms with E-state index in [0.717, 1.165) is 18.3 Å². The molecule has 4 rings (SSSR count).